The second kappa shape index (κ2) is 10.2. The third-order valence-corrected chi connectivity index (χ3v) is 3.95. The largest absolute Gasteiger partial charge is 0.494 e. The smallest absolute Gasteiger partial charge is 0.251 e. The van der Waals surface area contributed by atoms with Crippen LogP contribution in [0, 0.1) is 0 Å². The predicted molar refractivity (Wildman–Crippen MR) is 102 cm³/mol. The fourth-order valence-electron chi connectivity index (χ4n) is 2.56. The molecule has 1 unspecified atom stereocenters. The van der Waals surface area contributed by atoms with Crippen LogP contribution in [0.3, 0.4) is 0 Å². The Balaban J connectivity index is 1.70. The minimum Gasteiger partial charge on any atom is -0.494 e. The number of hydrogen-bond acceptors (Lipinski definition) is 3. The summed E-state index contributed by atoms with van der Waals surface area (Å²) < 4.78 is 5.34. The monoisotopic (exact) mass is 354 g/mol. The van der Waals surface area contributed by atoms with Crippen LogP contribution in [-0.4, -0.2) is 31.0 Å². The predicted octanol–water partition coefficient (Wildman–Crippen LogP) is 2.95. The fraction of sp³-hybridized carbons (Fsp3) is 0.333. The highest BCUT2D eigenvalue weighted by Gasteiger charge is 2.10. The van der Waals surface area contributed by atoms with Gasteiger partial charge in [0.1, 0.15) is 5.75 Å². The number of aryl methyl sites for hydroxylation is 1. The summed E-state index contributed by atoms with van der Waals surface area (Å²) in [5.41, 5.74) is 1.75. The maximum absolute atomic E-state index is 12.1. The average molecular weight is 354 g/mol. The molecule has 0 bridgehead atoms. The normalized spacial score (nSPS) is 11.5. The molecule has 0 aromatic heterocycles. The van der Waals surface area contributed by atoms with Crippen molar-refractivity contribution in [1.29, 1.82) is 0 Å². The molecule has 26 heavy (non-hydrogen) atoms. The molecule has 0 saturated heterocycles. The van der Waals surface area contributed by atoms with Gasteiger partial charge < -0.3 is 15.4 Å². The SMILES string of the molecule is CCOc1ccc(C(=O)NCC(=O)NC(C)CCc2ccccc2)cc1. The number of carbonyl (C=O) groups excluding carboxylic acids is 2. The third-order valence-electron chi connectivity index (χ3n) is 3.95. The molecule has 2 amide bonds. The lowest BCUT2D eigenvalue weighted by Gasteiger charge is -2.14. The highest BCUT2D eigenvalue weighted by molar-refractivity contribution is 5.96. The van der Waals surface area contributed by atoms with Gasteiger partial charge in [0.05, 0.1) is 13.2 Å². The molecule has 2 N–H and O–H groups in total. The van der Waals surface area contributed by atoms with Crippen LogP contribution >= 0.6 is 0 Å². The molecule has 1 atom stereocenters. The van der Waals surface area contributed by atoms with Gasteiger partial charge >= 0.3 is 0 Å². The van der Waals surface area contributed by atoms with Crippen LogP contribution in [0.25, 0.3) is 0 Å². The van der Waals surface area contributed by atoms with E-state index < -0.39 is 0 Å². The van der Waals surface area contributed by atoms with Crippen molar-refractivity contribution >= 4 is 11.8 Å². The zero-order chi connectivity index (χ0) is 18.8. The summed E-state index contributed by atoms with van der Waals surface area (Å²) in [5.74, 6) is 0.249. The summed E-state index contributed by atoms with van der Waals surface area (Å²) in [6.45, 7) is 4.41. The van der Waals surface area contributed by atoms with Crippen molar-refractivity contribution in [2.24, 2.45) is 0 Å². The van der Waals surface area contributed by atoms with E-state index in [0.29, 0.717) is 17.9 Å². The Bertz CT molecular complexity index is 699. The van der Waals surface area contributed by atoms with Gasteiger partial charge in [-0.2, -0.15) is 0 Å². The summed E-state index contributed by atoms with van der Waals surface area (Å²) in [5, 5.41) is 5.55. The van der Waals surface area contributed by atoms with E-state index in [2.05, 4.69) is 22.8 Å². The number of hydrogen-bond donors (Lipinski definition) is 2. The summed E-state index contributed by atoms with van der Waals surface area (Å²) in [7, 11) is 0. The molecule has 0 aliphatic heterocycles. The molecule has 0 saturated carbocycles. The third kappa shape index (κ3) is 6.59. The molecule has 0 aliphatic rings. The first-order valence-electron chi connectivity index (χ1n) is 8.93. The van der Waals surface area contributed by atoms with Gasteiger partial charge in [-0.15, -0.1) is 0 Å². The first kappa shape index (κ1) is 19.5. The topological polar surface area (TPSA) is 67.4 Å². The molecular formula is C21H26N2O3. The molecule has 0 aliphatic carbocycles. The minimum absolute atomic E-state index is 0.0400. The molecule has 5 nitrogen and oxygen atoms in total. The van der Waals surface area contributed by atoms with Crippen molar-refractivity contribution in [1.82, 2.24) is 10.6 Å². The summed E-state index contributed by atoms with van der Waals surface area (Å²) >= 11 is 0. The van der Waals surface area contributed by atoms with E-state index in [9.17, 15) is 9.59 Å². The van der Waals surface area contributed by atoms with Gasteiger partial charge in [0.25, 0.3) is 5.91 Å². The molecule has 0 radical (unpaired) electrons. The highest BCUT2D eigenvalue weighted by atomic mass is 16.5. The molecule has 0 heterocycles. The van der Waals surface area contributed by atoms with Crippen molar-refractivity contribution in [3.05, 3.63) is 65.7 Å². The molecule has 0 fully saturated rings. The Kier molecular flexibility index (Phi) is 7.68. The van der Waals surface area contributed by atoms with Crippen LogP contribution in [0.4, 0.5) is 0 Å². The lowest BCUT2D eigenvalue weighted by molar-refractivity contribution is -0.120. The van der Waals surface area contributed by atoms with E-state index in [1.165, 1.54) is 5.56 Å². The Morgan fingerprint density at radius 2 is 1.73 bits per heavy atom. The van der Waals surface area contributed by atoms with Crippen molar-refractivity contribution in [2.45, 2.75) is 32.7 Å². The van der Waals surface area contributed by atoms with Crippen LogP contribution in [-0.2, 0) is 11.2 Å². The van der Waals surface area contributed by atoms with Gasteiger partial charge in [-0.3, -0.25) is 9.59 Å². The molecule has 2 aromatic rings. The van der Waals surface area contributed by atoms with E-state index in [1.807, 2.05) is 32.0 Å². The Morgan fingerprint density at radius 3 is 2.38 bits per heavy atom. The molecule has 5 heteroatoms. The maximum atomic E-state index is 12.1. The van der Waals surface area contributed by atoms with E-state index in [0.717, 1.165) is 12.8 Å². The second-order valence-electron chi connectivity index (χ2n) is 6.13. The van der Waals surface area contributed by atoms with Crippen LogP contribution in [0.5, 0.6) is 5.75 Å². The Hall–Kier alpha value is -2.82. The Labute approximate surface area is 154 Å². The van der Waals surface area contributed by atoms with Crippen LogP contribution < -0.4 is 15.4 Å². The number of nitrogens with one attached hydrogen (secondary N) is 2. The summed E-state index contributed by atoms with van der Waals surface area (Å²) in [6.07, 6.45) is 1.75. The molecule has 2 aromatic carbocycles. The van der Waals surface area contributed by atoms with Crippen LogP contribution in [0.15, 0.2) is 54.6 Å². The number of benzene rings is 2. The molecule has 138 valence electrons. The quantitative estimate of drug-likeness (QED) is 0.727. The van der Waals surface area contributed by atoms with E-state index in [-0.39, 0.29) is 24.4 Å². The van der Waals surface area contributed by atoms with Gasteiger partial charge in [-0.05, 0) is 56.5 Å². The average Bonchev–Trinajstić information content (AvgIpc) is 2.66. The number of carbonyl (C=O) groups is 2. The molecular weight excluding hydrogens is 328 g/mol. The van der Waals surface area contributed by atoms with Crippen LogP contribution in [0.1, 0.15) is 36.2 Å². The van der Waals surface area contributed by atoms with Gasteiger partial charge in [0.2, 0.25) is 5.91 Å². The lowest BCUT2D eigenvalue weighted by atomic mass is 10.1. The van der Waals surface area contributed by atoms with Crippen LogP contribution in [0.2, 0.25) is 0 Å². The first-order chi connectivity index (χ1) is 12.6. The Morgan fingerprint density at radius 1 is 1.04 bits per heavy atom. The first-order valence-corrected chi connectivity index (χ1v) is 8.93. The minimum atomic E-state index is -0.278. The molecule has 2 rings (SSSR count). The lowest BCUT2D eigenvalue weighted by Crippen LogP contribution is -2.41. The standard InChI is InChI=1S/C21H26N2O3/c1-3-26-19-13-11-18(12-14-19)21(25)22-15-20(24)23-16(2)9-10-17-7-5-4-6-8-17/h4-8,11-14,16H,3,9-10,15H2,1-2H3,(H,22,25)(H,23,24). The summed E-state index contributed by atoms with van der Waals surface area (Å²) in [4.78, 5) is 24.1. The zero-order valence-electron chi connectivity index (χ0n) is 15.3. The van der Waals surface area contributed by atoms with Gasteiger partial charge in [-0.25, -0.2) is 0 Å². The van der Waals surface area contributed by atoms with Crippen molar-refractivity contribution in [2.75, 3.05) is 13.2 Å². The van der Waals surface area contributed by atoms with Gasteiger partial charge in [-0.1, -0.05) is 30.3 Å². The fourth-order valence-corrected chi connectivity index (χ4v) is 2.56. The maximum Gasteiger partial charge on any atom is 0.251 e. The van der Waals surface area contributed by atoms with Crippen molar-refractivity contribution < 1.29 is 14.3 Å². The number of amides is 2. The zero-order valence-corrected chi connectivity index (χ0v) is 15.3. The number of rotatable bonds is 9. The van der Waals surface area contributed by atoms with Gasteiger partial charge in [0.15, 0.2) is 0 Å². The van der Waals surface area contributed by atoms with E-state index in [1.54, 1.807) is 24.3 Å². The number of ether oxygens (including phenoxy) is 1. The summed E-state index contributed by atoms with van der Waals surface area (Å²) in [6, 6.07) is 17.0. The highest BCUT2D eigenvalue weighted by Crippen LogP contribution is 2.11. The van der Waals surface area contributed by atoms with Gasteiger partial charge in [0, 0.05) is 11.6 Å². The second-order valence-corrected chi connectivity index (χ2v) is 6.13. The van der Waals surface area contributed by atoms with Crippen molar-refractivity contribution in [3.8, 4) is 5.75 Å². The van der Waals surface area contributed by atoms with E-state index >= 15 is 0 Å². The molecule has 0 spiro atoms. The van der Waals surface area contributed by atoms with Crippen molar-refractivity contribution in [3.63, 3.8) is 0 Å². The van der Waals surface area contributed by atoms with E-state index in [4.69, 9.17) is 4.74 Å².